The Morgan fingerprint density at radius 1 is 1.00 bits per heavy atom. The van der Waals surface area contributed by atoms with E-state index < -0.39 is 5.92 Å². The summed E-state index contributed by atoms with van der Waals surface area (Å²) in [6.07, 6.45) is 0.569. The fourth-order valence-corrected chi connectivity index (χ4v) is 2.41. The van der Waals surface area contributed by atoms with Gasteiger partial charge in [0.2, 0.25) is 5.91 Å². The van der Waals surface area contributed by atoms with Crippen molar-refractivity contribution < 1.29 is 4.79 Å². The van der Waals surface area contributed by atoms with E-state index in [-0.39, 0.29) is 5.91 Å². The maximum atomic E-state index is 12.1. The van der Waals surface area contributed by atoms with Crippen LogP contribution in [0.4, 0.5) is 5.69 Å². The number of carbonyl (C=O) groups is 1. The van der Waals surface area contributed by atoms with Crippen LogP contribution in [0.1, 0.15) is 11.1 Å². The first-order valence-corrected chi connectivity index (χ1v) is 6.28. The molecule has 1 atom stereocenters. The molecule has 0 fully saturated rings. The lowest BCUT2D eigenvalue weighted by Gasteiger charge is -2.25. The highest BCUT2D eigenvalue weighted by Gasteiger charge is 2.30. The minimum absolute atomic E-state index is 0.0902. The van der Waals surface area contributed by atoms with Crippen molar-refractivity contribution in [2.45, 2.75) is 6.42 Å². The Labute approximate surface area is 111 Å². The molecule has 2 aromatic carbocycles. The number of benzene rings is 2. The van der Waals surface area contributed by atoms with Gasteiger partial charge in [0, 0.05) is 11.3 Å². The first kappa shape index (κ1) is 11.7. The van der Waals surface area contributed by atoms with Gasteiger partial charge in [-0.3, -0.25) is 4.79 Å². The largest absolute Gasteiger partial charge is 0.325 e. The number of rotatable bonds is 2. The van der Waals surface area contributed by atoms with E-state index in [9.17, 15) is 4.79 Å². The predicted molar refractivity (Wildman–Crippen MR) is 75.5 cm³/mol. The Balaban J connectivity index is 1.92. The van der Waals surface area contributed by atoms with Gasteiger partial charge < -0.3 is 10.7 Å². The fourth-order valence-electron chi connectivity index (χ4n) is 2.41. The van der Waals surface area contributed by atoms with Crippen LogP contribution in [0.2, 0.25) is 0 Å². The van der Waals surface area contributed by atoms with Crippen molar-refractivity contribution in [1.82, 2.24) is 0 Å². The van der Waals surface area contributed by atoms with Crippen LogP contribution in [0.3, 0.4) is 0 Å². The fraction of sp³-hybridized carbons (Fsp3) is 0.125. The summed E-state index contributed by atoms with van der Waals surface area (Å²) in [5.74, 6) is -0.496. The molecule has 1 aliphatic heterocycles. The molecule has 1 heterocycles. The molecule has 0 spiro atoms. The van der Waals surface area contributed by atoms with Gasteiger partial charge in [-0.2, -0.15) is 0 Å². The average Bonchev–Trinajstić information content (AvgIpc) is 2.45. The van der Waals surface area contributed by atoms with Gasteiger partial charge in [0.15, 0.2) is 0 Å². The summed E-state index contributed by atoms with van der Waals surface area (Å²) in [6, 6.07) is 17.3. The summed E-state index contributed by atoms with van der Waals surface area (Å²) in [7, 11) is 0. The normalized spacial score (nSPS) is 17.8. The molecule has 94 valence electrons. The number of anilines is 1. The molecular weight excluding hydrogens is 236 g/mol. The Kier molecular flexibility index (Phi) is 2.88. The van der Waals surface area contributed by atoms with Gasteiger partial charge >= 0.3 is 0 Å². The van der Waals surface area contributed by atoms with Gasteiger partial charge in [-0.05, 0) is 18.1 Å². The lowest BCUT2D eigenvalue weighted by Crippen LogP contribution is -2.36. The molecule has 3 rings (SSSR count). The molecule has 1 aliphatic rings. The number of hydrogen-bond donors (Lipinski definition) is 2. The van der Waals surface area contributed by atoms with Gasteiger partial charge in [0.1, 0.15) is 0 Å². The first-order chi connectivity index (χ1) is 9.25. The van der Waals surface area contributed by atoms with Crippen molar-refractivity contribution >= 4 is 17.3 Å². The van der Waals surface area contributed by atoms with E-state index in [1.54, 1.807) is 0 Å². The predicted octanol–water partition coefficient (Wildman–Crippen LogP) is 2.87. The molecular formula is C16H14N2O. The number of fused-ring (bicyclic) bond motifs is 1. The molecule has 0 bridgehead atoms. The molecule has 2 N–H and O–H groups in total. The van der Waals surface area contributed by atoms with Crippen molar-refractivity contribution in [3.05, 3.63) is 65.7 Å². The van der Waals surface area contributed by atoms with E-state index in [1.165, 1.54) is 0 Å². The van der Waals surface area contributed by atoms with Crippen molar-refractivity contribution in [2.75, 3.05) is 5.32 Å². The van der Waals surface area contributed by atoms with Crippen LogP contribution >= 0.6 is 0 Å². The summed E-state index contributed by atoms with van der Waals surface area (Å²) in [5.41, 5.74) is 3.04. The Morgan fingerprint density at radius 3 is 2.47 bits per heavy atom. The van der Waals surface area contributed by atoms with Crippen LogP contribution in [-0.2, 0) is 11.2 Å². The van der Waals surface area contributed by atoms with Crippen LogP contribution in [0.15, 0.2) is 54.6 Å². The summed E-state index contributed by atoms with van der Waals surface area (Å²) in [5, 5.41) is 11.1. The standard InChI is InChI=1S/C16H14N2O/c17-15-12-8-4-5-9-14(12)18-16(19)13(15)10-11-6-2-1-3-7-11/h1-9,13,17H,10H2,(H,18,19)/t13-/m0/s1. The maximum absolute atomic E-state index is 12.1. The molecule has 2 aromatic rings. The third-order valence-electron chi connectivity index (χ3n) is 3.42. The minimum Gasteiger partial charge on any atom is -0.325 e. The van der Waals surface area contributed by atoms with Crippen LogP contribution in [0.25, 0.3) is 0 Å². The molecule has 1 amide bonds. The van der Waals surface area contributed by atoms with Crippen molar-refractivity contribution in [3.8, 4) is 0 Å². The van der Waals surface area contributed by atoms with Gasteiger partial charge in [0.25, 0.3) is 0 Å². The molecule has 0 radical (unpaired) electrons. The Bertz CT molecular complexity index is 634. The second-order valence-electron chi connectivity index (χ2n) is 4.69. The van der Waals surface area contributed by atoms with E-state index in [2.05, 4.69) is 5.32 Å². The quantitative estimate of drug-likeness (QED) is 0.846. The van der Waals surface area contributed by atoms with Crippen LogP contribution in [-0.4, -0.2) is 11.6 Å². The average molecular weight is 250 g/mol. The van der Waals surface area contributed by atoms with E-state index in [0.717, 1.165) is 16.8 Å². The minimum atomic E-state index is -0.405. The molecule has 19 heavy (non-hydrogen) atoms. The van der Waals surface area contributed by atoms with Gasteiger partial charge in [-0.25, -0.2) is 0 Å². The molecule has 0 saturated carbocycles. The van der Waals surface area contributed by atoms with E-state index in [4.69, 9.17) is 5.41 Å². The first-order valence-electron chi connectivity index (χ1n) is 6.28. The lowest BCUT2D eigenvalue weighted by atomic mass is 9.86. The molecule has 0 aromatic heterocycles. The highest BCUT2D eigenvalue weighted by Crippen LogP contribution is 2.27. The summed E-state index contributed by atoms with van der Waals surface area (Å²) >= 11 is 0. The highest BCUT2D eigenvalue weighted by molar-refractivity contribution is 6.21. The molecule has 0 unspecified atom stereocenters. The molecule has 0 aliphatic carbocycles. The topological polar surface area (TPSA) is 53.0 Å². The number of amides is 1. The van der Waals surface area contributed by atoms with Crippen LogP contribution in [0.5, 0.6) is 0 Å². The Morgan fingerprint density at radius 2 is 1.68 bits per heavy atom. The van der Waals surface area contributed by atoms with Crippen molar-refractivity contribution in [1.29, 1.82) is 5.41 Å². The van der Waals surface area contributed by atoms with Crippen LogP contribution < -0.4 is 5.32 Å². The third-order valence-corrected chi connectivity index (χ3v) is 3.42. The van der Waals surface area contributed by atoms with Crippen molar-refractivity contribution in [2.24, 2.45) is 5.92 Å². The SMILES string of the molecule is N=C1c2ccccc2NC(=O)[C@H]1Cc1ccccc1. The monoisotopic (exact) mass is 250 g/mol. The number of carbonyl (C=O) groups excluding carboxylic acids is 1. The zero-order valence-electron chi connectivity index (χ0n) is 10.4. The maximum Gasteiger partial charge on any atom is 0.233 e. The molecule has 0 saturated heterocycles. The zero-order valence-corrected chi connectivity index (χ0v) is 10.4. The zero-order chi connectivity index (χ0) is 13.2. The van der Waals surface area contributed by atoms with Crippen LogP contribution in [0, 0.1) is 11.3 Å². The van der Waals surface area contributed by atoms with Crippen molar-refractivity contribution in [3.63, 3.8) is 0 Å². The second-order valence-corrected chi connectivity index (χ2v) is 4.69. The molecule has 3 nitrogen and oxygen atoms in total. The van der Waals surface area contributed by atoms with Gasteiger partial charge in [-0.1, -0.05) is 48.5 Å². The van der Waals surface area contributed by atoms with E-state index in [1.807, 2.05) is 54.6 Å². The smallest absolute Gasteiger partial charge is 0.233 e. The second kappa shape index (κ2) is 4.69. The van der Waals surface area contributed by atoms with Gasteiger partial charge in [0.05, 0.1) is 11.6 Å². The lowest BCUT2D eigenvalue weighted by molar-refractivity contribution is -0.118. The summed E-state index contributed by atoms with van der Waals surface area (Å²) < 4.78 is 0. The Hall–Kier alpha value is -2.42. The highest BCUT2D eigenvalue weighted by atomic mass is 16.2. The molecule has 3 heteroatoms. The van der Waals surface area contributed by atoms with Gasteiger partial charge in [-0.15, -0.1) is 0 Å². The summed E-state index contributed by atoms with van der Waals surface area (Å²) in [4.78, 5) is 12.1. The number of nitrogens with one attached hydrogen (secondary N) is 2. The number of para-hydroxylation sites is 1. The van der Waals surface area contributed by atoms with E-state index in [0.29, 0.717) is 12.1 Å². The third kappa shape index (κ3) is 2.15. The number of hydrogen-bond acceptors (Lipinski definition) is 2. The summed E-state index contributed by atoms with van der Waals surface area (Å²) in [6.45, 7) is 0. The van der Waals surface area contributed by atoms with E-state index >= 15 is 0 Å².